The molecule has 2 unspecified atom stereocenters. The number of aryl methyl sites for hydroxylation is 2. The van der Waals surface area contributed by atoms with E-state index in [1.54, 1.807) is 22.7 Å². The SMILES string of the molecule is Cc1nc(C2CC(=O)N(c3cnn4c3CC(C(=O)Cc3cc(F)c(F)c(F)c3)CC4)C2)no1. The molecule has 11 heteroatoms. The molecule has 0 N–H and O–H groups in total. The largest absolute Gasteiger partial charge is 0.340 e. The summed E-state index contributed by atoms with van der Waals surface area (Å²) in [7, 11) is 0. The Hall–Kier alpha value is -3.50. The Kier molecular flexibility index (Phi) is 5.26. The maximum absolute atomic E-state index is 13.5. The summed E-state index contributed by atoms with van der Waals surface area (Å²) in [5.41, 5.74) is 1.48. The van der Waals surface area contributed by atoms with Crippen molar-refractivity contribution in [3.63, 3.8) is 0 Å². The fraction of sp³-hybridized carbons (Fsp3) is 0.409. The number of nitrogens with zero attached hydrogens (tertiary/aromatic N) is 5. The van der Waals surface area contributed by atoms with Gasteiger partial charge >= 0.3 is 0 Å². The van der Waals surface area contributed by atoms with Crippen LogP contribution in [0.1, 0.15) is 41.7 Å². The molecule has 33 heavy (non-hydrogen) atoms. The Morgan fingerprint density at radius 2 is 1.97 bits per heavy atom. The number of rotatable bonds is 5. The lowest BCUT2D eigenvalue weighted by Gasteiger charge is -2.25. The van der Waals surface area contributed by atoms with Crippen molar-refractivity contribution in [2.75, 3.05) is 11.4 Å². The quantitative estimate of drug-likeness (QED) is 0.545. The first-order valence-corrected chi connectivity index (χ1v) is 10.6. The lowest BCUT2D eigenvalue weighted by Crippen LogP contribution is -2.30. The van der Waals surface area contributed by atoms with E-state index in [-0.39, 0.29) is 36.0 Å². The number of ketones is 1. The highest BCUT2D eigenvalue weighted by molar-refractivity contribution is 5.97. The zero-order valence-electron chi connectivity index (χ0n) is 17.7. The first-order valence-electron chi connectivity index (χ1n) is 10.6. The molecule has 4 heterocycles. The molecule has 0 aliphatic carbocycles. The molecule has 1 saturated heterocycles. The van der Waals surface area contributed by atoms with Gasteiger partial charge in [0.15, 0.2) is 23.3 Å². The summed E-state index contributed by atoms with van der Waals surface area (Å²) in [6, 6.07) is 1.69. The smallest absolute Gasteiger partial charge is 0.227 e. The molecule has 0 bridgehead atoms. The number of halogens is 3. The molecule has 2 aromatic heterocycles. The highest BCUT2D eigenvalue weighted by Gasteiger charge is 2.38. The summed E-state index contributed by atoms with van der Waals surface area (Å²) in [4.78, 5) is 31.5. The number of Topliss-reactive ketones (excluding diaryl/α,β-unsaturated/α-hetero) is 1. The molecule has 172 valence electrons. The number of carbonyl (C=O) groups is 2. The lowest BCUT2D eigenvalue weighted by molar-refractivity contribution is -0.122. The van der Waals surface area contributed by atoms with Crippen molar-refractivity contribution in [2.45, 2.75) is 45.1 Å². The summed E-state index contributed by atoms with van der Waals surface area (Å²) >= 11 is 0. The number of hydrogen-bond acceptors (Lipinski definition) is 6. The summed E-state index contributed by atoms with van der Waals surface area (Å²) in [6.45, 7) is 2.54. The van der Waals surface area contributed by atoms with Gasteiger partial charge in [-0.2, -0.15) is 10.1 Å². The Balaban J connectivity index is 1.32. The predicted molar refractivity (Wildman–Crippen MR) is 108 cm³/mol. The number of carbonyl (C=O) groups excluding carboxylic acids is 2. The molecule has 1 aromatic carbocycles. The number of benzene rings is 1. The van der Waals surface area contributed by atoms with Crippen molar-refractivity contribution in [3.8, 4) is 0 Å². The minimum atomic E-state index is -1.55. The minimum absolute atomic E-state index is 0.0867. The van der Waals surface area contributed by atoms with E-state index in [4.69, 9.17) is 4.52 Å². The van der Waals surface area contributed by atoms with Gasteiger partial charge in [0.2, 0.25) is 11.8 Å². The molecule has 0 spiro atoms. The normalized spacial score (nSPS) is 20.4. The molecule has 2 aliphatic rings. The maximum Gasteiger partial charge on any atom is 0.227 e. The molecule has 1 fully saturated rings. The number of hydrogen-bond donors (Lipinski definition) is 0. The standard InChI is InChI=1S/C22H20F3N5O3/c1-11-27-22(28-33-11)14-8-20(32)29(10-14)18-9-26-30-3-2-13(7-17(18)30)19(31)6-12-4-15(23)21(25)16(24)5-12/h4-5,9,13-14H,2-3,6-8,10H2,1H3. The summed E-state index contributed by atoms with van der Waals surface area (Å²) in [5, 5.41) is 8.29. The van der Waals surface area contributed by atoms with E-state index in [0.717, 1.165) is 17.8 Å². The van der Waals surface area contributed by atoms with E-state index >= 15 is 0 Å². The molecule has 8 nitrogen and oxygen atoms in total. The van der Waals surface area contributed by atoms with E-state index in [0.29, 0.717) is 43.3 Å². The van der Waals surface area contributed by atoms with Gasteiger partial charge in [-0.05, 0) is 24.1 Å². The molecule has 0 saturated carbocycles. The topological polar surface area (TPSA) is 94.1 Å². The van der Waals surface area contributed by atoms with Gasteiger partial charge < -0.3 is 9.42 Å². The minimum Gasteiger partial charge on any atom is -0.340 e. The van der Waals surface area contributed by atoms with Crippen LogP contribution in [0.15, 0.2) is 22.9 Å². The van der Waals surface area contributed by atoms with Crippen molar-refractivity contribution in [1.82, 2.24) is 19.9 Å². The molecule has 0 radical (unpaired) electrons. The van der Waals surface area contributed by atoms with Crippen LogP contribution >= 0.6 is 0 Å². The summed E-state index contributed by atoms with van der Waals surface area (Å²) < 4.78 is 47.0. The Bertz CT molecular complexity index is 1230. The first kappa shape index (κ1) is 21.4. The van der Waals surface area contributed by atoms with Crippen LogP contribution in [0.25, 0.3) is 0 Å². The van der Waals surface area contributed by atoms with E-state index in [1.165, 1.54) is 0 Å². The molecule has 2 aliphatic heterocycles. The number of fused-ring (bicyclic) bond motifs is 1. The van der Waals surface area contributed by atoms with Gasteiger partial charge in [-0.1, -0.05) is 5.16 Å². The molecule has 2 atom stereocenters. The van der Waals surface area contributed by atoms with Crippen molar-refractivity contribution >= 4 is 17.4 Å². The van der Waals surface area contributed by atoms with Crippen LogP contribution in [0.5, 0.6) is 0 Å². The fourth-order valence-corrected chi connectivity index (χ4v) is 4.57. The number of aromatic nitrogens is 4. The average Bonchev–Trinajstić information content (AvgIpc) is 3.49. The van der Waals surface area contributed by atoms with Crippen LogP contribution in [0.3, 0.4) is 0 Å². The summed E-state index contributed by atoms with van der Waals surface area (Å²) in [6.07, 6.45) is 2.51. The van der Waals surface area contributed by atoms with Gasteiger partial charge in [0.1, 0.15) is 5.78 Å². The van der Waals surface area contributed by atoms with Gasteiger partial charge in [0.25, 0.3) is 0 Å². The second-order valence-electron chi connectivity index (χ2n) is 8.48. The molecular weight excluding hydrogens is 439 g/mol. The highest BCUT2D eigenvalue weighted by atomic mass is 19.2. The van der Waals surface area contributed by atoms with Crippen LogP contribution in [0.4, 0.5) is 18.9 Å². The van der Waals surface area contributed by atoms with Gasteiger partial charge in [0.05, 0.1) is 17.6 Å². The maximum atomic E-state index is 13.5. The van der Waals surface area contributed by atoms with Gasteiger partial charge in [0, 0.05) is 51.1 Å². The van der Waals surface area contributed by atoms with Crippen molar-refractivity contribution < 1.29 is 27.3 Å². The Morgan fingerprint density at radius 3 is 2.67 bits per heavy atom. The van der Waals surface area contributed by atoms with Crippen molar-refractivity contribution in [2.24, 2.45) is 5.92 Å². The fourth-order valence-electron chi connectivity index (χ4n) is 4.57. The number of anilines is 1. The number of amides is 1. The first-order chi connectivity index (χ1) is 15.8. The van der Waals surface area contributed by atoms with E-state index in [2.05, 4.69) is 15.2 Å². The third-order valence-corrected chi connectivity index (χ3v) is 6.26. The average molecular weight is 459 g/mol. The van der Waals surface area contributed by atoms with Crippen LogP contribution in [-0.2, 0) is 29.0 Å². The lowest BCUT2D eigenvalue weighted by atomic mass is 9.88. The van der Waals surface area contributed by atoms with Crippen molar-refractivity contribution in [1.29, 1.82) is 0 Å². The van der Waals surface area contributed by atoms with Crippen LogP contribution in [0, 0.1) is 30.3 Å². The van der Waals surface area contributed by atoms with E-state index in [9.17, 15) is 22.8 Å². The zero-order valence-corrected chi connectivity index (χ0v) is 17.7. The molecule has 3 aromatic rings. The second-order valence-corrected chi connectivity index (χ2v) is 8.48. The van der Waals surface area contributed by atoms with Gasteiger partial charge in [-0.15, -0.1) is 0 Å². The van der Waals surface area contributed by atoms with Crippen LogP contribution < -0.4 is 4.90 Å². The Morgan fingerprint density at radius 1 is 1.21 bits per heavy atom. The highest BCUT2D eigenvalue weighted by Crippen LogP contribution is 2.35. The van der Waals surface area contributed by atoms with Crippen molar-refractivity contribution in [3.05, 3.63) is 58.8 Å². The van der Waals surface area contributed by atoms with E-state index in [1.807, 2.05) is 0 Å². The molecule has 1 amide bonds. The van der Waals surface area contributed by atoms with Crippen LogP contribution in [0.2, 0.25) is 0 Å². The zero-order chi connectivity index (χ0) is 23.3. The second kappa shape index (κ2) is 8.13. The van der Waals surface area contributed by atoms with Gasteiger partial charge in [-0.25, -0.2) is 13.2 Å². The van der Waals surface area contributed by atoms with Crippen LogP contribution in [-0.4, -0.2) is 38.2 Å². The third-order valence-electron chi connectivity index (χ3n) is 6.26. The summed E-state index contributed by atoms with van der Waals surface area (Å²) in [5.74, 6) is -4.18. The third kappa shape index (κ3) is 3.91. The predicted octanol–water partition coefficient (Wildman–Crippen LogP) is 2.89. The monoisotopic (exact) mass is 459 g/mol. The molecular formula is C22H20F3N5O3. The molecule has 5 rings (SSSR count). The van der Waals surface area contributed by atoms with E-state index < -0.39 is 23.4 Å². The Labute approximate surface area is 186 Å². The van der Waals surface area contributed by atoms with Gasteiger partial charge in [-0.3, -0.25) is 14.3 Å².